The van der Waals surface area contributed by atoms with Gasteiger partial charge in [-0.05, 0) is 81.0 Å². The number of hydrogen-bond donors (Lipinski definition) is 1. The van der Waals surface area contributed by atoms with E-state index < -0.39 is 5.97 Å². The van der Waals surface area contributed by atoms with E-state index in [-0.39, 0.29) is 0 Å². The number of carbonyl (C=O) groups is 1. The highest BCUT2D eigenvalue weighted by atomic mass is 35.5. The van der Waals surface area contributed by atoms with E-state index in [9.17, 15) is 9.90 Å². The van der Waals surface area contributed by atoms with E-state index in [4.69, 9.17) is 11.6 Å². The SMILES string of the molecule is O=C(O)C1=CCC2C(=C1)N1CCN(CCN3CCCCC3)c3cc(Cl)ccc3C1=C2C1CCCCC1. The monoisotopic (exact) mass is 507 g/mol. The quantitative estimate of drug-likeness (QED) is 0.516. The number of carboxylic acid groups (broad SMARTS) is 1. The molecule has 6 rings (SSSR count). The van der Waals surface area contributed by atoms with Crippen molar-refractivity contribution in [1.82, 2.24) is 9.80 Å². The van der Waals surface area contributed by atoms with Crippen molar-refractivity contribution in [2.75, 3.05) is 44.2 Å². The fourth-order valence-electron chi connectivity index (χ4n) is 7.25. The highest BCUT2D eigenvalue weighted by molar-refractivity contribution is 6.31. The van der Waals surface area contributed by atoms with Crippen LogP contribution in [-0.2, 0) is 4.79 Å². The van der Waals surface area contributed by atoms with Gasteiger partial charge in [-0.3, -0.25) is 0 Å². The Bertz CT molecular complexity index is 1110. The summed E-state index contributed by atoms with van der Waals surface area (Å²) in [5.41, 5.74) is 7.07. The first-order valence-electron chi connectivity index (χ1n) is 14.0. The van der Waals surface area contributed by atoms with Crippen molar-refractivity contribution in [2.45, 2.75) is 57.8 Å². The van der Waals surface area contributed by atoms with E-state index in [2.05, 4.69) is 26.8 Å². The van der Waals surface area contributed by atoms with Gasteiger partial charge in [0.25, 0.3) is 0 Å². The van der Waals surface area contributed by atoms with Crippen LogP contribution in [0.15, 0.2) is 47.2 Å². The molecule has 1 N–H and O–H groups in total. The van der Waals surface area contributed by atoms with Gasteiger partial charge in [0.2, 0.25) is 0 Å². The largest absolute Gasteiger partial charge is 0.478 e. The number of rotatable bonds is 5. The van der Waals surface area contributed by atoms with Gasteiger partial charge < -0.3 is 19.8 Å². The Balaban J connectivity index is 1.41. The van der Waals surface area contributed by atoms with E-state index in [1.807, 2.05) is 18.2 Å². The molecule has 0 spiro atoms. The van der Waals surface area contributed by atoms with Crippen LogP contribution in [0.1, 0.15) is 63.4 Å². The molecule has 0 radical (unpaired) electrons. The Kier molecular flexibility index (Phi) is 6.87. The Labute approximate surface area is 220 Å². The number of allylic oxidation sites excluding steroid dienone is 2. The van der Waals surface area contributed by atoms with Crippen molar-refractivity contribution >= 4 is 29.0 Å². The van der Waals surface area contributed by atoms with Crippen LogP contribution in [0, 0.1) is 11.8 Å². The molecule has 2 fully saturated rings. The predicted octanol–water partition coefficient (Wildman–Crippen LogP) is 6.17. The summed E-state index contributed by atoms with van der Waals surface area (Å²) in [5, 5.41) is 10.6. The zero-order valence-electron chi connectivity index (χ0n) is 21.2. The van der Waals surface area contributed by atoms with Gasteiger partial charge in [0.05, 0.1) is 11.3 Å². The molecular formula is C30H38ClN3O2. The molecule has 6 heteroatoms. The number of aliphatic carboxylic acids is 1. The summed E-state index contributed by atoms with van der Waals surface area (Å²) in [6.07, 6.45) is 15.1. The molecule has 1 aromatic rings. The number of anilines is 1. The summed E-state index contributed by atoms with van der Waals surface area (Å²) in [4.78, 5) is 19.5. The van der Waals surface area contributed by atoms with Crippen LogP contribution in [-0.4, -0.2) is 60.1 Å². The second-order valence-electron chi connectivity index (χ2n) is 11.2. The fourth-order valence-corrected chi connectivity index (χ4v) is 7.42. The van der Waals surface area contributed by atoms with Crippen molar-refractivity contribution in [3.8, 4) is 0 Å². The van der Waals surface area contributed by atoms with Crippen molar-refractivity contribution < 1.29 is 9.90 Å². The minimum Gasteiger partial charge on any atom is -0.478 e. The van der Waals surface area contributed by atoms with Gasteiger partial charge in [0.15, 0.2) is 0 Å². The normalized spacial score (nSPS) is 25.1. The maximum absolute atomic E-state index is 11.9. The van der Waals surface area contributed by atoms with Gasteiger partial charge in [0, 0.05) is 54.1 Å². The summed E-state index contributed by atoms with van der Waals surface area (Å²) < 4.78 is 0. The van der Waals surface area contributed by atoms with Crippen molar-refractivity contribution in [3.63, 3.8) is 0 Å². The van der Waals surface area contributed by atoms with Crippen LogP contribution in [0.3, 0.4) is 0 Å². The third-order valence-corrected chi connectivity index (χ3v) is 9.28. The maximum atomic E-state index is 11.9. The number of halogens is 1. The topological polar surface area (TPSA) is 47.0 Å². The minimum absolute atomic E-state index is 0.301. The Hall–Kier alpha value is -2.24. The van der Waals surface area contributed by atoms with Gasteiger partial charge in [0.1, 0.15) is 0 Å². The van der Waals surface area contributed by atoms with Gasteiger partial charge in [-0.2, -0.15) is 0 Å². The van der Waals surface area contributed by atoms with Gasteiger partial charge in [-0.25, -0.2) is 4.79 Å². The summed E-state index contributed by atoms with van der Waals surface area (Å²) in [5.74, 6) is 0.0590. The molecule has 2 aliphatic carbocycles. The van der Waals surface area contributed by atoms with Crippen molar-refractivity contribution in [3.05, 3.63) is 57.8 Å². The van der Waals surface area contributed by atoms with Crippen molar-refractivity contribution in [1.29, 1.82) is 0 Å². The number of benzene rings is 1. The van der Waals surface area contributed by atoms with Crippen LogP contribution >= 0.6 is 11.6 Å². The highest BCUT2D eigenvalue weighted by Gasteiger charge is 2.43. The van der Waals surface area contributed by atoms with Gasteiger partial charge in [-0.1, -0.05) is 43.4 Å². The first-order valence-corrected chi connectivity index (χ1v) is 14.4. The lowest BCUT2D eigenvalue weighted by Crippen LogP contribution is -2.39. The smallest absolute Gasteiger partial charge is 0.335 e. The maximum Gasteiger partial charge on any atom is 0.335 e. The number of fused-ring (bicyclic) bond motifs is 5. The molecule has 5 aliphatic rings. The molecule has 0 bridgehead atoms. The van der Waals surface area contributed by atoms with Gasteiger partial charge >= 0.3 is 5.97 Å². The number of nitrogens with zero attached hydrogens (tertiary/aromatic N) is 3. The number of hydrogen-bond acceptors (Lipinski definition) is 4. The van der Waals surface area contributed by atoms with E-state index in [1.54, 1.807) is 5.57 Å². The Morgan fingerprint density at radius 1 is 0.972 bits per heavy atom. The van der Waals surface area contributed by atoms with Crippen LogP contribution in [0.4, 0.5) is 5.69 Å². The first kappa shape index (κ1) is 24.1. The fraction of sp³-hybridized carbons (Fsp3) is 0.567. The van der Waals surface area contributed by atoms with Crippen molar-refractivity contribution in [2.24, 2.45) is 11.8 Å². The molecule has 1 saturated heterocycles. The highest BCUT2D eigenvalue weighted by Crippen LogP contribution is 2.53. The average molecular weight is 508 g/mol. The van der Waals surface area contributed by atoms with Crippen LogP contribution in [0.5, 0.6) is 0 Å². The lowest BCUT2D eigenvalue weighted by atomic mass is 9.75. The Morgan fingerprint density at radius 3 is 2.53 bits per heavy atom. The molecule has 0 amide bonds. The van der Waals surface area contributed by atoms with Crippen LogP contribution in [0.25, 0.3) is 5.70 Å². The zero-order valence-corrected chi connectivity index (χ0v) is 22.0. The number of likely N-dealkylation sites (tertiary alicyclic amines) is 1. The molecule has 1 atom stereocenters. The zero-order chi connectivity index (χ0) is 24.6. The third-order valence-electron chi connectivity index (χ3n) is 9.04. The van der Waals surface area contributed by atoms with Crippen LogP contribution in [0.2, 0.25) is 5.02 Å². The number of piperidine rings is 1. The van der Waals surface area contributed by atoms with Gasteiger partial charge in [-0.15, -0.1) is 0 Å². The third kappa shape index (κ3) is 4.50. The molecule has 1 unspecified atom stereocenters. The summed E-state index contributed by atoms with van der Waals surface area (Å²) in [6, 6.07) is 6.43. The van der Waals surface area contributed by atoms with E-state index in [0.29, 0.717) is 17.4 Å². The van der Waals surface area contributed by atoms with E-state index >= 15 is 0 Å². The molecule has 5 nitrogen and oxygen atoms in total. The molecule has 192 valence electrons. The molecule has 0 aromatic heterocycles. The molecule has 1 saturated carbocycles. The Morgan fingerprint density at radius 2 is 1.75 bits per heavy atom. The molecule has 36 heavy (non-hydrogen) atoms. The second kappa shape index (κ2) is 10.3. The van der Waals surface area contributed by atoms with E-state index in [1.165, 1.54) is 87.1 Å². The molecule has 1 aromatic carbocycles. The second-order valence-corrected chi connectivity index (χ2v) is 11.6. The molecule has 3 heterocycles. The summed E-state index contributed by atoms with van der Waals surface area (Å²) in [6.45, 7) is 6.29. The first-order chi connectivity index (χ1) is 17.6. The van der Waals surface area contributed by atoms with Crippen LogP contribution < -0.4 is 4.90 Å². The molecule has 3 aliphatic heterocycles. The lowest BCUT2D eigenvalue weighted by Gasteiger charge is -2.32. The predicted molar refractivity (Wildman–Crippen MR) is 146 cm³/mol. The average Bonchev–Trinajstić information content (AvgIpc) is 3.14. The lowest BCUT2D eigenvalue weighted by molar-refractivity contribution is -0.132. The van der Waals surface area contributed by atoms with E-state index in [0.717, 1.165) is 37.6 Å². The molecular weight excluding hydrogens is 470 g/mol. The summed E-state index contributed by atoms with van der Waals surface area (Å²) in [7, 11) is 0. The standard InChI is InChI=1S/C30H38ClN3O2/c31-23-10-12-25-26(20-23)33(16-15-32-13-5-2-6-14-32)17-18-34-27-19-22(30(35)36)9-11-24(27)28(29(25)34)21-7-3-1-4-8-21/h9-10,12,19-21,24H,1-8,11,13-18H2,(H,35,36). The minimum atomic E-state index is -0.821. The summed E-state index contributed by atoms with van der Waals surface area (Å²) >= 11 is 6.60. The number of carboxylic acids is 1.